The zero-order chi connectivity index (χ0) is 12.5. The van der Waals surface area contributed by atoms with E-state index in [2.05, 4.69) is 4.98 Å². The van der Waals surface area contributed by atoms with E-state index in [1.54, 1.807) is 6.20 Å². The third-order valence-electron chi connectivity index (χ3n) is 2.52. The number of aromatic nitrogens is 1. The number of pyridine rings is 1. The van der Waals surface area contributed by atoms with Gasteiger partial charge in [0.2, 0.25) is 0 Å². The molecule has 1 aromatic heterocycles. The van der Waals surface area contributed by atoms with E-state index in [-0.39, 0.29) is 5.75 Å². The van der Waals surface area contributed by atoms with Crippen molar-refractivity contribution in [3.8, 4) is 0 Å². The predicted molar refractivity (Wildman–Crippen MR) is 66.4 cm³/mol. The summed E-state index contributed by atoms with van der Waals surface area (Å²) in [6.07, 6.45) is 3.27. The fraction of sp³-hybridized carbons (Fsp3) is 0.250. The molecular weight excluding hydrogens is 238 g/mol. The molecule has 4 nitrogen and oxygen atoms in total. The van der Waals surface area contributed by atoms with Crippen LogP contribution in [0.5, 0.6) is 0 Å². The Morgan fingerprint density at radius 1 is 1.29 bits per heavy atom. The summed E-state index contributed by atoms with van der Waals surface area (Å²) in [7, 11) is -3.22. The fourth-order valence-electron chi connectivity index (χ4n) is 1.78. The van der Waals surface area contributed by atoms with E-state index in [1.807, 2.05) is 24.3 Å². The predicted octanol–water partition coefficient (Wildman–Crippen LogP) is 1.31. The third-order valence-corrected chi connectivity index (χ3v) is 3.44. The quantitative estimate of drug-likeness (QED) is 0.893. The molecule has 5 heteroatoms. The molecule has 2 aromatic rings. The lowest BCUT2D eigenvalue weighted by Crippen LogP contribution is -2.13. The number of nitrogens with zero attached hydrogens (tertiary/aromatic N) is 1. The van der Waals surface area contributed by atoms with E-state index in [1.165, 1.54) is 6.20 Å². The molecule has 1 N–H and O–H groups in total. The maximum Gasteiger partial charge on any atom is 0.150 e. The summed E-state index contributed by atoms with van der Waals surface area (Å²) < 4.78 is 22.3. The van der Waals surface area contributed by atoms with E-state index in [0.717, 1.165) is 17.0 Å². The molecule has 1 atom stereocenters. The van der Waals surface area contributed by atoms with Crippen LogP contribution in [0.4, 0.5) is 0 Å². The van der Waals surface area contributed by atoms with E-state index >= 15 is 0 Å². The maximum atomic E-state index is 11.2. The molecule has 0 saturated heterocycles. The molecule has 0 spiro atoms. The summed E-state index contributed by atoms with van der Waals surface area (Å²) in [6, 6.07) is 7.44. The number of aliphatic hydroxyl groups excluding tert-OH is 1. The van der Waals surface area contributed by atoms with Crippen LogP contribution in [0.3, 0.4) is 0 Å². The molecule has 0 fully saturated rings. The first kappa shape index (κ1) is 12.0. The highest BCUT2D eigenvalue weighted by atomic mass is 32.2. The van der Waals surface area contributed by atoms with E-state index in [9.17, 15) is 13.5 Å². The Morgan fingerprint density at radius 2 is 2.00 bits per heavy atom. The first-order valence-corrected chi connectivity index (χ1v) is 7.22. The van der Waals surface area contributed by atoms with Gasteiger partial charge in [-0.15, -0.1) is 0 Å². The molecule has 1 aromatic carbocycles. The Balaban J connectivity index is 2.48. The average Bonchev–Trinajstić information content (AvgIpc) is 2.26. The Hall–Kier alpha value is -1.46. The van der Waals surface area contributed by atoms with Crippen LogP contribution >= 0.6 is 0 Å². The van der Waals surface area contributed by atoms with Gasteiger partial charge in [0.05, 0.1) is 11.9 Å². The van der Waals surface area contributed by atoms with Crippen LogP contribution in [0.1, 0.15) is 11.7 Å². The summed E-state index contributed by atoms with van der Waals surface area (Å²) in [5.41, 5.74) is 0.550. The molecule has 0 aliphatic rings. The number of hydrogen-bond donors (Lipinski definition) is 1. The van der Waals surface area contributed by atoms with Crippen molar-refractivity contribution in [2.75, 3.05) is 12.0 Å². The highest BCUT2D eigenvalue weighted by molar-refractivity contribution is 7.90. The lowest BCUT2D eigenvalue weighted by atomic mass is 10.0. The molecule has 1 heterocycles. The molecule has 1 unspecified atom stereocenters. The smallest absolute Gasteiger partial charge is 0.150 e. The van der Waals surface area contributed by atoms with Gasteiger partial charge in [-0.05, 0) is 5.39 Å². The van der Waals surface area contributed by atoms with Crippen LogP contribution in [0.2, 0.25) is 0 Å². The van der Waals surface area contributed by atoms with Crippen molar-refractivity contribution in [1.29, 1.82) is 0 Å². The maximum absolute atomic E-state index is 11.2. The van der Waals surface area contributed by atoms with Crippen LogP contribution in [0.25, 0.3) is 10.8 Å². The van der Waals surface area contributed by atoms with Gasteiger partial charge in [-0.2, -0.15) is 0 Å². The van der Waals surface area contributed by atoms with Crippen molar-refractivity contribution in [1.82, 2.24) is 4.98 Å². The van der Waals surface area contributed by atoms with Crippen molar-refractivity contribution in [2.24, 2.45) is 0 Å². The first-order valence-electron chi connectivity index (χ1n) is 5.16. The lowest BCUT2D eigenvalue weighted by molar-refractivity contribution is 0.203. The lowest BCUT2D eigenvalue weighted by Gasteiger charge is -2.11. The minimum absolute atomic E-state index is 0.289. The summed E-state index contributed by atoms with van der Waals surface area (Å²) in [5, 5.41) is 11.7. The van der Waals surface area contributed by atoms with Crippen LogP contribution in [0.15, 0.2) is 36.7 Å². The highest BCUT2D eigenvalue weighted by Gasteiger charge is 2.16. The molecule has 0 bridgehead atoms. The normalized spacial score (nSPS) is 13.8. The van der Waals surface area contributed by atoms with Gasteiger partial charge in [-0.25, -0.2) is 8.42 Å². The summed E-state index contributed by atoms with van der Waals surface area (Å²) in [4.78, 5) is 4.01. The van der Waals surface area contributed by atoms with Gasteiger partial charge in [0.15, 0.2) is 0 Å². The second-order valence-corrected chi connectivity index (χ2v) is 6.24. The zero-order valence-electron chi connectivity index (χ0n) is 9.37. The van der Waals surface area contributed by atoms with Crippen molar-refractivity contribution >= 4 is 20.6 Å². The molecule has 0 aliphatic carbocycles. The van der Waals surface area contributed by atoms with Gasteiger partial charge >= 0.3 is 0 Å². The number of sulfone groups is 1. The second-order valence-electron chi connectivity index (χ2n) is 4.06. The van der Waals surface area contributed by atoms with Crippen molar-refractivity contribution < 1.29 is 13.5 Å². The summed E-state index contributed by atoms with van der Waals surface area (Å²) in [6.45, 7) is 0. The van der Waals surface area contributed by atoms with Crippen LogP contribution in [0, 0.1) is 0 Å². The SMILES string of the molecule is CS(=O)(=O)CC(O)c1cncc2ccccc12. The Labute approximate surface area is 99.8 Å². The molecule has 2 rings (SSSR count). The average molecular weight is 251 g/mol. The topological polar surface area (TPSA) is 67.3 Å². The third kappa shape index (κ3) is 2.81. The minimum atomic E-state index is -3.22. The summed E-state index contributed by atoms with van der Waals surface area (Å²) >= 11 is 0. The second kappa shape index (κ2) is 4.43. The molecule has 0 saturated carbocycles. The number of benzene rings is 1. The first-order chi connectivity index (χ1) is 7.97. The van der Waals surface area contributed by atoms with Gasteiger partial charge in [0.25, 0.3) is 0 Å². The van der Waals surface area contributed by atoms with Gasteiger partial charge in [-0.1, -0.05) is 24.3 Å². The standard InChI is InChI=1S/C12H13NO3S/c1-17(15,16)8-12(14)11-7-13-6-9-4-2-3-5-10(9)11/h2-7,12,14H,8H2,1H3. The number of aliphatic hydroxyl groups is 1. The molecular formula is C12H13NO3S. The van der Waals surface area contributed by atoms with Gasteiger partial charge in [0, 0.05) is 29.6 Å². The van der Waals surface area contributed by atoms with Gasteiger partial charge in [-0.3, -0.25) is 4.98 Å². The van der Waals surface area contributed by atoms with E-state index in [0.29, 0.717) is 5.56 Å². The minimum Gasteiger partial charge on any atom is -0.387 e. The Morgan fingerprint density at radius 3 is 2.71 bits per heavy atom. The number of fused-ring (bicyclic) bond motifs is 1. The zero-order valence-corrected chi connectivity index (χ0v) is 10.2. The molecule has 0 radical (unpaired) electrons. The van der Waals surface area contributed by atoms with Gasteiger partial charge < -0.3 is 5.11 Å². The molecule has 90 valence electrons. The van der Waals surface area contributed by atoms with Crippen LogP contribution in [-0.4, -0.2) is 30.5 Å². The number of hydrogen-bond acceptors (Lipinski definition) is 4. The fourth-order valence-corrected chi connectivity index (χ4v) is 2.54. The number of rotatable bonds is 3. The monoisotopic (exact) mass is 251 g/mol. The highest BCUT2D eigenvalue weighted by Crippen LogP contribution is 2.23. The van der Waals surface area contributed by atoms with Crippen LogP contribution < -0.4 is 0 Å². The Bertz CT molecular complexity index is 632. The van der Waals surface area contributed by atoms with E-state index in [4.69, 9.17) is 0 Å². The summed E-state index contributed by atoms with van der Waals surface area (Å²) in [5.74, 6) is -0.289. The van der Waals surface area contributed by atoms with Crippen molar-refractivity contribution in [3.05, 3.63) is 42.2 Å². The van der Waals surface area contributed by atoms with Gasteiger partial charge in [0.1, 0.15) is 9.84 Å². The van der Waals surface area contributed by atoms with Crippen molar-refractivity contribution in [3.63, 3.8) is 0 Å². The molecule has 0 aliphatic heterocycles. The van der Waals surface area contributed by atoms with Crippen molar-refractivity contribution in [2.45, 2.75) is 6.10 Å². The molecule has 17 heavy (non-hydrogen) atoms. The molecule has 0 amide bonds. The van der Waals surface area contributed by atoms with E-state index < -0.39 is 15.9 Å². The largest absolute Gasteiger partial charge is 0.387 e. The Kier molecular flexibility index (Phi) is 3.13. The van der Waals surface area contributed by atoms with Crippen LogP contribution in [-0.2, 0) is 9.84 Å².